The highest BCUT2D eigenvalue weighted by Gasteiger charge is 2.47. The summed E-state index contributed by atoms with van der Waals surface area (Å²) in [5, 5.41) is 5.88. The molecule has 2 N–H and O–H groups in total. The Labute approximate surface area is 211 Å². The van der Waals surface area contributed by atoms with Crippen molar-refractivity contribution in [2.45, 2.75) is 38.5 Å². The molecule has 2 unspecified atom stereocenters. The fourth-order valence-electron chi connectivity index (χ4n) is 4.50. The Balaban J connectivity index is 1.52. The van der Waals surface area contributed by atoms with Gasteiger partial charge in [-0.3, -0.25) is 19.4 Å². The lowest BCUT2D eigenvalue weighted by atomic mass is 10.00. The Morgan fingerprint density at radius 3 is 2.58 bits per heavy atom. The molecule has 2 saturated heterocycles. The van der Waals surface area contributed by atoms with Crippen LogP contribution in [-0.2, 0) is 25.6 Å². The van der Waals surface area contributed by atoms with E-state index in [0.717, 1.165) is 25.1 Å². The van der Waals surface area contributed by atoms with E-state index >= 15 is 0 Å². The van der Waals surface area contributed by atoms with E-state index < -0.39 is 18.2 Å². The molecule has 2 aliphatic rings. The molecule has 0 spiro atoms. The largest absolute Gasteiger partial charge is 0.438 e. The molecule has 0 saturated carbocycles. The second-order valence-electron chi connectivity index (χ2n) is 9.03. The van der Waals surface area contributed by atoms with Gasteiger partial charge in [0, 0.05) is 38.3 Å². The number of ether oxygens (including phenoxy) is 2. The molecule has 9 nitrogen and oxygen atoms in total. The van der Waals surface area contributed by atoms with E-state index in [1.165, 1.54) is 4.90 Å². The van der Waals surface area contributed by atoms with Crippen LogP contribution in [0, 0.1) is 0 Å². The number of amides is 3. The summed E-state index contributed by atoms with van der Waals surface area (Å²) in [6.45, 7) is 6.41. The number of hydrogen-bond acceptors (Lipinski definition) is 6. The molecule has 2 aromatic carbocycles. The zero-order valence-corrected chi connectivity index (χ0v) is 20.7. The van der Waals surface area contributed by atoms with Crippen molar-refractivity contribution in [3.63, 3.8) is 0 Å². The highest BCUT2D eigenvalue weighted by Crippen LogP contribution is 2.35. The molecule has 2 atom stereocenters. The zero-order valence-electron chi connectivity index (χ0n) is 20.7. The Bertz CT molecular complexity index is 1040. The van der Waals surface area contributed by atoms with E-state index in [1.54, 1.807) is 18.2 Å². The summed E-state index contributed by atoms with van der Waals surface area (Å²) in [5.74, 6) is -0.350. The molecular weight excluding hydrogens is 460 g/mol. The molecule has 0 bridgehead atoms. The summed E-state index contributed by atoms with van der Waals surface area (Å²) in [7, 11) is 0. The molecule has 3 amide bonds. The Morgan fingerprint density at radius 1 is 1.06 bits per heavy atom. The lowest BCUT2D eigenvalue weighted by Crippen LogP contribution is -2.48. The molecule has 0 aliphatic carbocycles. The predicted molar refractivity (Wildman–Crippen MR) is 135 cm³/mol. The second kappa shape index (κ2) is 12.5. The summed E-state index contributed by atoms with van der Waals surface area (Å²) in [6, 6.07) is 15.8. The fraction of sp³-hybridized carbons (Fsp3) is 0.444. The standard InChI is InChI=1S/C27H34N4O5/c1-2-7-23(32)29-22-11-6-10-21(18-22)25-24(26(33)28-12-13-30-14-16-35-17-15-30)31(27(34)36-25)19-20-8-4-3-5-9-20/h3-6,8-11,18,24-25H,2,7,12-17,19H2,1H3,(H,28,33)(H,29,32). The number of nitrogens with zero attached hydrogens (tertiary/aromatic N) is 2. The SMILES string of the molecule is CCCC(=O)Nc1cccc(C2OC(=O)N(Cc3ccccc3)C2C(=O)NCCN2CCOCC2)c1. The number of benzene rings is 2. The van der Waals surface area contributed by atoms with Gasteiger partial charge in [-0.15, -0.1) is 0 Å². The number of morpholine rings is 1. The van der Waals surface area contributed by atoms with Gasteiger partial charge in [0.1, 0.15) is 0 Å². The van der Waals surface area contributed by atoms with Crippen molar-refractivity contribution in [2.75, 3.05) is 44.7 Å². The van der Waals surface area contributed by atoms with Crippen LogP contribution in [0.15, 0.2) is 54.6 Å². The molecular formula is C27H34N4O5. The number of carbonyl (C=O) groups is 3. The minimum Gasteiger partial charge on any atom is -0.438 e. The number of cyclic esters (lactones) is 1. The lowest BCUT2D eigenvalue weighted by Gasteiger charge is -2.28. The van der Waals surface area contributed by atoms with Crippen LogP contribution in [0.3, 0.4) is 0 Å². The van der Waals surface area contributed by atoms with Crippen molar-refractivity contribution >= 4 is 23.6 Å². The number of hydrogen-bond donors (Lipinski definition) is 2. The monoisotopic (exact) mass is 494 g/mol. The van der Waals surface area contributed by atoms with Crippen molar-refractivity contribution in [3.8, 4) is 0 Å². The molecule has 4 rings (SSSR count). The minimum atomic E-state index is -0.844. The normalized spacial score (nSPS) is 20.1. The molecule has 0 aromatic heterocycles. The predicted octanol–water partition coefficient (Wildman–Crippen LogP) is 2.94. The molecule has 2 aliphatic heterocycles. The van der Waals surface area contributed by atoms with E-state index in [-0.39, 0.29) is 18.4 Å². The number of rotatable bonds is 10. The highest BCUT2D eigenvalue weighted by molar-refractivity contribution is 5.91. The van der Waals surface area contributed by atoms with Crippen LogP contribution in [0.25, 0.3) is 0 Å². The Morgan fingerprint density at radius 2 is 1.83 bits per heavy atom. The minimum absolute atomic E-state index is 0.0822. The topological polar surface area (TPSA) is 100 Å². The number of carbonyl (C=O) groups excluding carboxylic acids is 3. The molecule has 0 radical (unpaired) electrons. The van der Waals surface area contributed by atoms with Crippen molar-refractivity contribution < 1.29 is 23.9 Å². The molecule has 36 heavy (non-hydrogen) atoms. The van der Waals surface area contributed by atoms with E-state index in [1.807, 2.05) is 43.3 Å². The van der Waals surface area contributed by atoms with Gasteiger partial charge in [-0.05, 0) is 29.7 Å². The molecule has 2 fully saturated rings. The van der Waals surface area contributed by atoms with Crippen LogP contribution in [-0.4, -0.2) is 73.1 Å². The number of anilines is 1. The zero-order chi connectivity index (χ0) is 25.3. The Kier molecular flexibility index (Phi) is 8.91. The van der Waals surface area contributed by atoms with Crippen LogP contribution in [0.5, 0.6) is 0 Å². The molecule has 2 heterocycles. The van der Waals surface area contributed by atoms with Crippen molar-refractivity contribution in [2.24, 2.45) is 0 Å². The average molecular weight is 495 g/mol. The first-order valence-corrected chi connectivity index (χ1v) is 12.5. The third kappa shape index (κ3) is 6.61. The van der Waals surface area contributed by atoms with Crippen molar-refractivity contribution in [1.29, 1.82) is 0 Å². The first-order valence-electron chi connectivity index (χ1n) is 12.5. The number of nitrogens with one attached hydrogen (secondary N) is 2. The summed E-state index contributed by atoms with van der Waals surface area (Å²) < 4.78 is 11.1. The van der Waals surface area contributed by atoms with E-state index in [0.29, 0.717) is 44.0 Å². The lowest BCUT2D eigenvalue weighted by molar-refractivity contribution is -0.126. The van der Waals surface area contributed by atoms with Crippen LogP contribution < -0.4 is 10.6 Å². The van der Waals surface area contributed by atoms with E-state index in [9.17, 15) is 14.4 Å². The van der Waals surface area contributed by atoms with Gasteiger partial charge in [0.05, 0.1) is 19.8 Å². The van der Waals surface area contributed by atoms with Gasteiger partial charge in [-0.1, -0.05) is 49.4 Å². The quantitative estimate of drug-likeness (QED) is 0.527. The van der Waals surface area contributed by atoms with Gasteiger partial charge in [0.2, 0.25) is 11.8 Å². The van der Waals surface area contributed by atoms with Gasteiger partial charge in [0.15, 0.2) is 12.1 Å². The summed E-state index contributed by atoms with van der Waals surface area (Å²) in [5.41, 5.74) is 2.17. The van der Waals surface area contributed by atoms with Crippen molar-refractivity contribution in [1.82, 2.24) is 15.1 Å². The third-order valence-corrected chi connectivity index (χ3v) is 6.36. The van der Waals surface area contributed by atoms with Crippen LogP contribution in [0.4, 0.5) is 10.5 Å². The third-order valence-electron chi connectivity index (χ3n) is 6.36. The summed E-state index contributed by atoms with van der Waals surface area (Å²) in [6.07, 6.45) is -0.181. The van der Waals surface area contributed by atoms with Crippen molar-refractivity contribution in [3.05, 3.63) is 65.7 Å². The first-order chi connectivity index (χ1) is 17.5. The Hall–Kier alpha value is -3.43. The maximum absolute atomic E-state index is 13.5. The first kappa shape index (κ1) is 25.7. The van der Waals surface area contributed by atoms with E-state index in [4.69, 9.17) is 9.47 Å². The maximum Gasteiger partial charge on any atom is 0.411 e. The van der Waals surface area contributed by atoms with Gasteiger partial charge in [-0.25, -0.2) is 4.79 Å². The molecule has 9 heteroatoms. The molecule has 192 valence electrons. The van der Waals surface area contributed by atoms with Crippen LogP contribution in [0.2, 0.25) is 0 Å². The highest BCUT2D eigenvalue weighted by atomic mass is 16.6. The van der Waals surface area contributed by atoms with Gasteiger partial charge in [-0.2, -0.15) is 0 Å². The summed E-state index contributed by atoms with van der Waals surface area (Å²) in [4.78, 5) is 42.3. The smallest absolute Gasteiger partial charge is 0.411 e. The maximum atomic E-state index is 13.5. The van der Waals surface area contributed by atoms with Gasteiger partial charge >= 0.3 is 6.09 Å². The van der Waals surface area contributed by atoms with Crippen LogP contribution in [0.1, 0.15) is 37.0 Å². The fourth-order valence-corrected chi connectivity index (χ4v) is 4.50. The molecule has 2 aromatic rings. The van der Waals surface area contributed by atoms with Crippen LogP contribution >= 0.6 is 0 Å². The average Bonchev–Trinajstić information content (AvgIpc) is 3.21. The van der Waals surface area contributed by atoms with Gasteiger partial charge < -0.3 is 20.1 Å². The van der Waals surface area contributed by atoms with E-state index in [2.05, 4.69) is 15.5 Å². The summed E-state index contributed by atoms with van der Waals surface area (Å²) >= 11 is 0. The van der Waals surface area contributed by atoms with Gasteiger partial charge in [0.25, 0.3) is 0 Å². The second-order valence-corrected chi connectivity index (χ2v) is 9.03.